The summed E-state index contributed by atoms with van der Waals surface area (Å²) in [6.45, 7) is 0. The van der Waals surface area contributed by atoms with Crippen molar-refractivity contribution in [1.82, 2.24) is 0 Å². The largest absolute Gasteiger partial charge is 0.480 e. The number of carboxylic acids is 1. The standard InChI is InChI=1S/C15H11ClO2/c16-15(14(17)18)7-11-9-5-1-3-8-4-2-6-10(12(8)9)13(11)15/h1-6,11,13H,7H2,(H,17,18)/t11-,13+,15+/m0/s1. The van der Waals surface area contributed by atoms with E-state index in [1.165, 1.54) is 16.3 Å². The van der Waals surface area contributed by atoms with E-state index in [1.54, 1.807) is 0 Å². The fourth-order valence-electron chi connectivity index (χ4n) is 3.66. The van der Waals surface area contributed by atoms with Crippen LogP contribution in [0.25, 0.3) is 10.8 Å². The molecule has 1 fully saturated rings. The summed E-state index contributed by atoms with van der Waals surface area (Å²) in [6, 6.07) is 12.3. The van der Waals surface area contributed by atoms with Crippen LogP contribution in [0.5, 0.6) is 0 Å². The molecule has 0 spiro atoms. The first-order valence-corrected chi connectivity index (χ1v) is 6.44. The number of hydrogen-bond acceptors (Lipinski definition) is 1. The monoisotopic (exact) mass is 258 g/mol. The summed E-state index contributed by atoms with van der Waals surface area (Å²) in [5, 5.41) is 11.7. The van der Waals surface area contributed by atoms with E-state index >= 15 is 0 Å². The van der Waals surface area contributed by atoms with Gasteiger partial charge < -0.3 is 5.11 Å². The lowest BCUT2D eigenvalue weighted by Gasteiger charge is -2.45. The third-order valence-electron chi connectivity index (χ3n) is 4.47. The summed E-state index contributed by atoms with van der Waals surface area (Å²) in [5.41, 5.74) is 2.38. The predicted octanol–water partition coefficient (Wildman–Crippen LogP) is 3.49. The molecule has 3 atom stereocenters. The van der Waals surface area contributed by atoms with Crippen LogP contribution in [-0.2, 0) is 4.79 Å². The van der Waals surface area contributed by atoms with Gasteiger partial charge in [0.1, 0.15) is 4.87 Å². The molecule has 90 valence electrons. The molecule has 2 aromatic rings. The molecule has 1 saturated carbocycles. The Balaban J connectivity index is 2.01. The minimum Gasteiger partial charge on any atom is -0.480 e. The van der Waals surface area contributed by atoms with Crippen molar-refractivity contribution in [3.05, 3.63) is 47.5 Å². The molecule has 0 unspecified atom stereocenters. The van der Waals surface area contributed by atoms with Crippen LogP contribution in [0.1, 0.15) is 29.4 Å². The molecule has 2 aliphatic rings. The zero-order valence-electron chi connectivity index (χ0n) is 9.56. The number of alkyl halides is 1. The quantitative estimate of drug-likeness (QED) is 0.795. The van der Waals surface area contributed by atoms with Gasteiger partial charge in [-0.15, -0.1) is 11.6 Å². The van der Waals surface area contributed by atoms with Gasteiger partial charge in [0.15, 0.2) is 0 Å². The highest BCUT2D eigenvalue weighted by atomic mass is 35.5. The van der Waals surface area contributed by atoms with Crippen LogP contribution in [0, 0.1) is 0 Å². The topological polar surface area (TPSA) is 37.3 Å². The fraction of sp³-hybridized carbons (Fsp3) is 0.267. The number of aliphatic carboxylic acids is 1. The highest BCUT2D eigenvalue weighted by Gasteiger charge is 2.62. The van der Waals surface area contributed by atoms with E-state index in [2.05, 4.69) is 18.2 Å². The maximum absolute atomic E-state index is 11.4. The molecule has 4 rings (SSSR count). The molecule has 0 aliphatic heterocycles. The number of carbonyl (C=O) groups is 1. The average molecular weight is 259 g/mol. The van der Waals surface area contributed by atoms with Crippen molar-refractivity contribution in [3.63, 3.8) is 0 Å². The zero-order valence-corrected chi connectivity index (χ0v) is 10.3. The van der Waals surface area contributed by atoms with Gasteiger partial charge in [0, 0.05) is 5.92 Å². The van der Waals surface area contributed by atoms with E-state index in [9.17, 15) is 9.90 Å². The summed E-state index contributed by atoms with van der Waals surface area (Å²) in [6.07, 6.45) is 0.530. The molecule has 2 nitrogen and oxygen atoms in total. The van der Waals surface area contributed by atoms with Crippen LogP contribution >= 0.6 is 11.6 Å². The van der Waals surface area contributed by atoms with Crippen molar-refractivity contribution in [2.75, 3.05) is 0 Å². The molecular weight excluding hydrogens is 248 g/mol. The normalized spacial score (nSPS) is 32.1. The lowest BCUT2D eigenvalue weighted by Crippen LogP contribution is -2.50. The summed E-state index contributed by atoms with van der Waals surface area (Å²) in [7, 11) is 0. The van der Waals surface area contributed by atoms with Gasteiger partial charge in [-0.2, -0.15) is 0 Å². The molecular formula is C15H11ClO2. The molecule has 2 aromatic carbocycles. The Morgan fingerprint density at radius 1 is 1.22 bits per heavy atom. The third kappa shape index (κ3) is 0.989. The van der Waals surface area contributed by atoms with Gasteiger partial charge in [-0.3, -0.25) is 4.79 Å². The van der Waals surface area contributed by atoms with Gasteiger partial charge in [0.2, 0.25) is 0 Å². The Hall–Kier alpha value is -1.54. The molecule has 0 aromatic heterocycles. The second kappa shape index (κ2) is 3.07. The number of rotatable bonds is 1. The van der Waals surface area contributed by atoms with Crippen LogP contribution in [0.15, 0.2) is 36.4 Å². The summed E-state index contributed by atoms with van der Waals surface area (Å²) < 4.78 is 0. The first-order chi connectivity index (χ1) is 8.63. The summed E-state index contributed by atoms with van der Waals surface area (Å²) in [5.74, 6) is -0.687. The second-order valence-corrected chi connectivity index (χ2v) is 5.92. The van der Waals surface area contributed by atoms with Crippen LogP contribution in [0.3, 0.4) is 0 Å². The fourth-order valence-corrected chi connectivity index (χ4v) is 4.10. The first-order valence-electron chi connectivity index (χ1n) is 6.07. The maximum Gasteiger partial charge on any atom is 0.325 e. The minimum atomic E-state index is -1.11. The van der Waals surface area contributed by atoms with Gasteiger partial charge in [0.25, 0.3) is 0 Å². The van der Waals surface area contributed by atoms with E-state index in [1.807, 2.05) is 18.2 Å². The van der Waals surface area contributed by atoms with E-state index in [4.69, 9.17) is 11.6 Å². The molecule has 18 heavy (non-hydrogen) atoms. The number of carboxylic acid groups (broad SMARTS) is 1. The predicted molar refractivity (Wildman–Crippen MR) is 70.3 cm³/mol. The number of hydrogen-bond donors (Lipinski definition) is 1. The smallest absolute Gasteiger partial charge is 0.325 e. The zero-order chi connectivity index (χ0) is 12.5. The molecule has 0 amide bonds. The number of halogens is 1. The van der Waals surface area contributed by atoms with E-state index in [0.29, 0.717) is 6.42 Å². The first kappa shape index (κ1) is 10.4. The van der Waals surface area contributed by atoms with Gasteiger partial charge in [-0.05, 0) is 34.2 Å². The molecule has 3 heteroatoms. The Bertz CT molecular complexity index is 689. The molecule has 0 radical (unpaired) electrons. The molecule has 0 heterocycles. The highest BCUT2D eigenvalue weighted by molar-refractivity contribution is 6.36. The van der Waals surface area contributed by atoms with Crippen LogP contribution < -0.4 is 0 Å². The van der Waals surface area contributed by atoms with Crippen molar-refractivity contribution >= 4 is 28.3 Å². The minimum absolute atomic E-state index is 0.0715. The van der Waals surface area contributed by atoms with Crippen LogP contribution in [0.4, 0.5) is 0 Å². The SMILES string of the molecule is O=C(O)[C@@]1(Cl)C[C@H]2c3cccc4cccc(c34)[C@H]21. The third-order valence-corrected chi connectivity index (χ3v) is 5.02. The molecule has 2 aliphatic carbocycles. The second-order valence-electron chi connectivity index (χ2n) is 5.25. The van der Waals surface area contributed by atoms with Gasteiger partial charge >= 0.3 is 5.97 Å². The van der Waals surface area contributed by atoms with Gasteiger partial charge in [-0.25, -0.2) is 0 Å². The lowest BCUT2D eigenvalue weighted by molar-refractivity contribution is -0.144. The van der Waals surface area contributed by atoms with E-state index < -0.39 is 10.8 Å². The Labute approximate surface area is 109 Å². The molecule has 0 saturated heterocycles. The number of benzene rings is 2. The Morgan fingerprint density at radius 3 is 2.56 bits per heavy atom. The Morgan fingerprint density at radius 2 is 1.89 bits per heavy atom. The maximum atomic E-state index is 11.4. The van der Waals surface area contributed by atoms with Crippen molar-refractivity contribution in [2.45, 2.75) is 23.1 Å². The summed E-state index contributed by atoms with van der Waals surface area (Å²) >= 11 is 6.32. The van der Waals surface area contributed by atoms with Crippen LogP contribution in [-0.4, -0.2) is 16.0 Å². The lowest BCUT2D eigenvalue weighted by atomic mass is 9.63. The van der Waals surface area contributed by atoms with Crippen LogP contribution in [0.2, 0.25) is 0 Å². The van der Waals surface area contributed by atoms with E-state index in [-0.39, 0.29) is 11.8 Å². The van der Waals surface area contributed by atoms with E-state index in [0.717, 1.165) is 5.56 Å². The van der Waals surface area contributed by atoms with Gasteiger partial charge in [-0.1, -0.05) is 36.4 Å². The van der Waals surface area contributed by atoms with Crippen molar-refractivity contribution in [1.29, 1.82) is 0 Å². The summed E-state index contributed by atoms with van der Waals surface area (Å²) in [4.78, 5) is 10.3. The van der Waals surface area contributed by atoms with Crippen molar-refractivity contribution in [3.8, 4) is 0 Å². The Kier molecular flexibility index (Phi) is 1.77. The van der Waals surface area contributed by atoms with Crippen molar-refractivity contribution in [2.24, 2.45) is 0 Å². The molecule has 1 N–H and O–H groups in total. The van der Waals surface area contributed by atoms with Crippen molar-refractivity contribution < 1.29 is 9.90 Å². The average Bonchev–Trinajstić information content (AvgIpc) is 2.60. The molecule has 0 bridgehead atoms. The van der Waals surface area contributed by atoms with Gasteiger partial charge in [0.05, 0.1) is 0 Å². The highest BCUT2D eigenvalue weighted by Crippen LogP contribution is 2.65. The number of fused-ring (bicyclic) bond motifs is 3.